The van der Waals surface area contributed by atoms with Crippen molar-refractivity contribution in [1.29, 1.82) is 0 Å². The Kier molecular flexibility index (Phi) is 10.6. The lowest BCUT2D eigenvalue weighted by atomic mass is 10.0. The Labute approximate surface area is 256 Å². The molecule has 0 aliphatic carbocycles. The SMILES string of the molecule is CCNC(=O)[C@H](Cc1ccccc1)N(Cc1ccc(Cl)cc1Cl)C(=O)CCCN(c1ccc2c(c1)OCO2)S(C)(=O)=O. The average molecular weight is 635 g/mol. The van der Waals surface area contributed by atoms with Gasteiger partial charge in [0.1, 0.15) is 6.04 Å². The third kappa shape index (κ3) is 8.08. The number of benzene rings is 3. The van der Waals surface area contributed by atoms with E-state index >= 15 is 0 Å². The number of rotatable bonds is 13. The van der Waals surface area contributed by atoms with Gasteiger partial charge in [-0.25, -0.2) is 8.42 Å². The van der Waals surface area contributed by atoms with Crippen LogP contribution in [-0.2, 0) is 32.6 Å². The molecular weight excluding hydrogens is 601 g/mol. The predicted octanol–water partition coefficient (Wildman–Crippen LogP) is 5.04. The average Bonchev–Trinajstić information content (AvgIpc) is 3.42. The minimum atomic E-state index is -3.67. The van der Waals surface area contributed by atoms with Crippen LogP contribution in [0, 0.1) is 0 Å². The van der Waals surface area contributed by atoms with E-state index in [1.54, 1.807) is 36.4 Å². The maximum Gasteiger partial charge on any atom is 0.243 e. The zero-order valence-corrected chi connectivity index (χ0v) is 25.7. The molecule has 42 heavy (non-hydrogen) atoms. The highest BCUT2D eigenvalue weighted by Gasteiger charge is 2.31. The summed E-state index contributed by atoms with van der Waals surface area (Å²) in [6, 6.07) is 18.5. The van der Waals surface area contributed by atoms with Gasteiger partial charge in [0.05, 0.1) is 11.9 Å². The molecule has 3 aromatic carbocycles. The zero-order chi connectivity index (χ0) is 30.3. The third-order valence-corrected chi connectivity index (χ3v) is 8.56. The van der Waals surface area contributed by atoms with Crippen molar-refractivity contribution < 1.29 is 27.5 Å². The number of likely N-dealkylation sites (N-methyl/N-ethyl adjacent to an activating group) is 1. The molecule has 9 nitrogen and oxygen atoms in total. The van der Waals surface area contributed by atoms with Gasteiger partial charge in [0, 0.05) is 48.6 Å². The number of sulfonamides is 1. The molecule has 224 valence electrons. The van der Waals surface area contributed by atoms with E-state index in [1.807, 2.05) is 37.3 Å². The lowest BCUT2D eigenvalue weighted by Gasteiger charge is -2.32. The van der Waals surface area contributed by atoms with Crippen molar-refractivity contribution in [2.75, 3.05) is 30.4 Å². The van der Waals surface area contributed by atoms with Gasteiger partial charge in [-0.3, -0.25) is 13.9 Å². The van der Waals surface area contributed by atoms with Crippen molar-refractivity contribution in [3.05, 3.63) is 87.9 Å². The van der Waals surface area contributed by atoms with Crippen LogP contribution in [0.5, 0.6) is 11.5 Å². The fraction of sp³-hybridized carbons (Fsp3) is 0.333. The van der Waals surface area contributed by atoms with Gasteiger partial charge in [-0.1, -0.05) is 59.6 Å². The fourth-order valence-electron chi connectivity index (χ4n) is 4.72. The van der Waals surface area contributed by atoms with E-state index in [9.17, 15) is 18.0 Å². The molecule has 0 radical (unpaired) electrons. The quantitative estimate of drug-likeness (QED) is 0.283. The summed E-state index contributed by atoms with van der Waals surface area (Å²) in [6.45, 7) is 2.39. The topological polar surface area (TPSA) is 105 Å². The number of hydrogen-bond acceptors (Lipinski definition) is 6. The number of halogens is 2. The van der Waals surface area contributed by atoms with Crippen LogP contribution in [0.25, 0.3) is 0 Å². The van der Waals surface area contributed by atoms with Crippen molar-refractivity contribution in [3.8, 4) is 11.5 Å². The Morgan fingerprint density at radius 2 is 1.74 bits per heavy atom. The van der Waals surface area contributed by atoms with Gasteiger partial charge < -0.3 is 19.7 Å². The largest absolute Gasteiger partial charge is 0.454 e. The second kappa shape index (κ2) is 14.1. The first-order chi connectivity index (χ1) is 20.1. The molecule has 1 N–H and O–H groups in total. The van der Waals surface area contributed by atoms with Gasteiger partial charge in [0.2, 0.25) is 28.6 Å². The minimum Gasteiger partial charge on any atom is -0.454 e. The predicted molar refractivity (Wildman–Crippen MR) is 164 cm³/mol. The number of fused-ring (bicyclic) bond motifs is 1. The smallest absolute Gasteiger partial charge is 0.243 e. The summed E-state index contributed by atoms with van der Waals surface area (Å²) in [5.41, 5.74) is 1.93. The van der Waals surface area contributed by atoms with Crippen LogP contribution in [0.3, 0.4) is 0 Å². The first kappa shape index (κ1) is 31.5. The normalized spacial score (nSPS) is 13.0. The third-order valence-electron chi connectivity index (χ3n) is 6.77. The van der Waals surface area contributed by atoms with Crippen molar-refractivity contribution in [2.24, 2.45) is 0 Å². The molecule has 1 aliphatic heterocycles. The summed E-state index contributed by atoms with van der Waals surface area (Å²) in [6.07, 6.45) is 1.60. The van der Waals surface area contributed by atoms with Gasteiger partial charge >= 0.3 is 0 Å². The number of carbonyl (C=O) groups is 2. The van der Waals surface area contributed by atoms with Crippen LogP contribution >= 0.6 is 23.2 Å². The van der Waals surface area contributed by atoms with Gasteiger partial charge in [-0.05, 0) is 48.7 Å². The van der Waals surface area contributed by atoms with E-state index in [0.29, 0.717) is 39.3 Å². The Morgan fingerprint density at radius 3 is 2.43 bits per heavy atom. The maximum atomic E-state index is 13.9. The highest BCUT2D eigenvalue weighted by atomic mass is 35.5. The zero-order valence-electron chi connectivity index (χ0n) is 23.4. The van der Waals surface area contributed by atoms with Crippen LogP contribution in [-0.4, -0.2) is 57.3 Å². The molecular formula is C30H33Cl2N3O6S. The van der Waals surface area contributed by atoms with Crippen molar-refractivity contribution in [2.45, 2.75) is 38.8 Å². The number of nitrogens with zero attached hydrogens (tertiary/aromatic N) is 2. The summed E-state index contributed by atoms with van der Waals surface area (Å²) in [5.74, 6) is 0.382. The summed E-state index contributed by atoms with van der Waals surface area (Å²) < 4.78 is 37.4. The highest BCUT2D eigenvalue weighted by molar-refractivity contribution is 7.92. The molecule has 1 heterocycles. The van der Waals surface area contributed by atoms with Crippen LogP contribution < -0.4 is 19.1 Å². The molecule has 0 fully saturated rings. The van der Waals surface area contributed by atoms with Crippen molar-refractivity contribution in [3.63, 3.8) is 0 Å². The van der Waals surface area contributed by atoms with E-state index < -0.39 is 16.1 Å². The van der Waals surface area contributed by atoms with Gasteiger partial charge in [-0.15, -0.1) is 0 Å². The first-order valence-electron chi connectivity index (χ1n) is 13.5. The van der Waals surface area contributed by atoms with E-state index in [4.69, 9.17) is 32.7 Å². The molecule has 1 atom stereocenters. The molecule has 0 bridgehead atoms. The molecule has 12 heteroatoms. The Bertz CT molecular complexity index is 1520. The number of carbonyl (C=O) groups excluding carboxylic acids is 2. The van der Waals surface area contributed by atoms with E-state index in [2.05, 4.69) is 5.32 Å². The molecule has 0 spiro atoms. The highest BCUT2D eigenvalue weighted by Crippen LogP contribution is 2.36. The Hall–Kier alpha value is -3.47. The molecule has 1 aliphatic rings. The monoisotopic (exact) mass is 633 g/mol. The summed E-state index contributed by atoms with van der Waals surface area (Å²) >= 11 is 12.6. The second-order valence-electron chi connectivity index (χ2n) is 9.83. The molecule has 2 amide bonds. The summed E-state index contributed by atoms with van der Waals surface area (Å²) in [4.78, 5) is 28.7. The van der Waals surface area contributed by atoms with Crippen LogP contribution in [0.2, 0.25) is 10.0 Å². The van der Waals surface area contributed by atoms with Gasteiger partial charge in [0.15, 0.2) is 11.5 Å². The Balaban J connectivity index is 1.58. The van der Waals surface area contributed by atoms with Gasteiger partial charge in [-0.2, -0.15) is 0 Å². The second-order valence-corrected chi connectivity index (χ2v) is 12.6. The molecule has 3 aromatic rings. The Morgan fingerprint density at radius 1 is 1.00 bits per heavy atom. The standard InChI is InChI=1S/C30H33Cl2N3O6S/c1-3-33-30(37)26(16-21-8-5-4-6-9-21)34(19-22-11-12-23(31)17-25(22)32)29(36)10-7-15-35(42(2,38)39)24-13-14-27-28(18-24)41-20-40-27/h4-6,8-9,11-14,17-18,26H,3,7,10,15-16,19-20H2,1-2H3,(H,33,37)/t26-/m0/s1. The number of ether oxygens (including phenoxy) is 2. The molecule has 4 rings (SSSR count). The molecule has 0 saturated carbocycles. The lowest BCUT2D eigenvalue weighted by Crippen LogP contribution is -2.50. The van der Waals surface area contributed by atoms with E-state index in [0.717, 1.165) is 11.8 Å². The number of amides is 2. The number of hydrogen-bond donors (Lipinski definition) is 1. The van der Waals surface area contributed by atoms with Crippen molar-refractivity contribution >= 4 is 50.7 Å². The summed E-state index contributed by atoms with van der Waals surface area (Å²) in [7, 11) is -3.67. The lowest BCUT2D eigenvalue weighted by molar-refractivity contribution is -0.141. The first-order valence-corrected chi connectivity index (χ1v) is 16.1. The fourth-order valence-corrected chi connectivity index (χ4v) is 6.15. The number of nitrogens with one attached hydrogen (secondary N) is 1. The molecule has 0 unspecified atom stereocenters. The van der Waals surface area contributed by atoms with Crippen molar-refractivity contribution in [1.82, 2.24) is 10.2 Å². The van der Waals surface area contributed by atoms with E-state index in [1.165, 1.54) is 9.21 Å². The maximum absolute atomic E-state index is 13.9. The molecule has 0 saturated heterocycles. The van der Waals surface area contributed by atoms with Crippen LogP contribution in [0.15, 0.2) is 66.7 Å². The van der Waals surface area contributed by atoms with Gasteiger partial charge in [0.25, 0.3) is 0 Å². The summed E-state index contributed by atoms with van der Waals surface area (Å²) in [5, 5.41) is 3.68. The van der Waals surface area contributed by atoms with Crippen LogP contribution in [0.4, 0.5) is 5.69 Å². The number of anilines is 1. The molecule has 0 aromatic heterocycles. The van der Waals surface area contributed by atoms with E-state index in [-0.39, 0.29) is 51.0 Å². The minimum absolute atomic E-state index is 0.00746. The van der Waals surface area contributed by atoms with Crippen LogP contribution in [0.1, 0.15) is 30.9 Å².